The van der Waals surface area contributed by atoms with E-state index in [1.165, 1.54) is 57.1 Å². The van der Waals surface area contributed by atoms with Gasteiger partial charge in [0.05, 0.1) is 18.0 Å². The third-order valence-electron chi connectivity index (χ3n) is 4.25. The van der Waals surface area contributed by atoms with Crippen LogP contribution in [0.4, 0.5) is 5.69 Å². The number of anilines is 1. The quantitative estimate of drug-likeness (QED) is 0.290. The van der Waals surface area contributed by atoms with Crippen LogP contribution in [-0.4, -0.2) is 38.0 Å². The number of rotatable bonds is 14. The van der Waals surface area contributed by atoms with Crippen molar-refractivity contribution in [1.82, 2.24) is 5.32 Å². The largest absolute Gasteiger partial charge is 0.506 e. The van der Waals surface area contributed by atoms with E-state index in [9.17, 15) is 18.6 Å². The van der Waals surface area contributed by atoms with Crippen LogP contribution in [0, 0.1) is 0 Å². The summed E-state index contributed by atoms with van der Waals surface area (Å²) in [6.45, 7) is 3.46. The minimum atomic E-state index is -3.49. The van der Waals surface area contributed by atoms with Crippen LogP contribution >= 0.6 is 0 Å². The van der Waals surface area contributed by atoms with E-state index < -0.39 is 16.1 Å². The first-order chi connectivity index (χ1) is 12.3. The number of nitrogens with one attached hydrogen (secondary N) is 2. The van der Waals surface area contributed by atoms with Crippen molar-refractivity contribution in [2.45, 2.75) is 64.4 Å². The minimum Gasteiger partial charge on any atom is -0.506 e. The molecule has 0 aliphatic carbocycles. The second kappa shape index (κ2) is 12.1. The molecule has 1 aromatic carbocycles. The van der Waals surface area contributed by atoms with Crippen molar-refractivity contribution < 1.29 is 18.6 Å². The van der Waals surface area contributed by atoms with Gasteiger partial charge in [-0.25, -0.2) is 8.42 Å². The van der Waals surface area contributed by atoms with Crippen LogP contribution in [0.3, 0.4) is 0 Å². The van der Waals surface area contributed by atoms with Crippen LogP contribution in [-0.2, 0) is 10.0 Å². The lowest BCUT2D eigenvalue weighted by Gasteiger charge is -2.14. The van der Waals surface area contributed by atoms with E-state index in [1.807, 2.05) is 0 Å². The number of sulfonamides is 1. The predicted molar refractivity (Wildman–Crippen MR) is 107 cm³/mol. The summed E-state index contributed by atoms with van der Waals surface area (Å²) >= 11 is 0. The molecule has 0 bridgehead atoms. The Morgan fingerprint density at radius 2 is 1.65 bits per heavy atom. The molecular weight excluding hydrogens is 352 g/mol. The predicted octanol–water partition coefficient (Wildman–Crippen LogP) is 3.53. The first-order valence-electron chi connectivity index (χ1n) is 9.53. The SMILES string of the molecule is CCCCCCCCCCNCC(O)c1ccc(O)c(NS(C)(=O)=O)c1. The van der Waals surface area contributed by atoms with Crippen LogP contribution < -0.4 is 10.0 Å². The van der Waals surface area contributed by atoms with Crippen molar-refractivity contribution >= 4 is 15.7 Å². The van der Waals surface area contributed by atoms with Gasteiger partial charge in [-0.2, -0.15) is 0 Å². The molecule has 0 aromatic heterocycles. The molecule has 0 amide bonds. The van der Waals surface area contributed by atoms with E-state index in [-0.39, 0.29) is 11.4 Å². The molecular formula is C19H34N2O4S. The van der Waals surface area contributed by atoms with Gasteiger partial charge in [0.2, 0.25) is 10.0 Å². The van der Waals surface area contributed by atoms with Gasteiger partial charge in [-0.1, -0.05) is 57.9 Å². The Balaban J connectivity index is 2.27. The van der Waals surface area contributed by atoms with Crippen molar-refractivity contribution in [2.24, 2.45) is 0 Å². The fourth-order valence-corrected chi connectivity index (χ4v) is 3.35. The lowest BCUT2D eigenvalue weighted by molar-refractivity contribution is 0.174. The maximum atomic E-state index is 11.3. The van der Waals surface area contributed by atoms with Crippen LogP contribution in [0.2, 0.25) is 0 Å². The molecule has 150 valence electrons. The number of hydrogen-bond acceptors (Lipinski definition) is 5. The molecule has 6 nitrogen and oxygen atoms in total. The van der Waals surface area contributed by atoms with E-state index in [1.54, 1.807) is 6.07 Å². The summed E-state index contributed by atoms with van der Waals surface area (Å²) in [6, 6.07) is 4.43. The van der Waals surface area contributed by atoms with E-state index in [2.05, 4.69) is 17.0 Å². The van der Waals surface area contributed by atoms with Gasteiger partial charge < -0.3 is 15.5 Å². The lowest BCUT2D eigenvalue weighted by Crippen LogP contribution is -2.22. The first kappa shape index (κ1) is 22.7. The summed E-state index contributed by atoms with van der Waals surface area (Å²) < 4.78 is 24.9. The number of aliphatic hydroxyl groups is 1. The molecule has 0 saturated carbocycles. The van der Waals surface area contributed by atoms with Crippen molar-refractivity contribution in [1.29, 1.82) is 0 Å². The van der Waals surface area contributed by atoms with Crippen molar-refractivity contribution in [3.8, 4) is 5.75 Å². The highest BCUT2D eigenvalue weighted by molar-refractivity contribution is 7.92. The van der Waals surface area contributed by atoms with Crippen LogP contribution in [0.15, 0.2) is 18.2 Å². The lowest BCUT2D eigenvalue weighted by atomic mass is 10.1. The zero-order chi connectivity index (χ0) is 19.4. The van der Waals surface area contributed by atoms with Crippen LogP contribution in [0.5, 0.6) is 5.75 Å². The maximum absolute atomic E-state index is 11.3. The number of unbranched alkanes of at least 4 members (excludes halogenated alkanes) is 7. The molecule has 0 aliphatic rings. The summed E-state index contributed by atoms with van der Waals surface area (Å²) in [6.07, 6.45) is 10.4. The fourth-order valence-electron chi connectivity index (χ4n) is 2.78. The Kier molecular flexibility index (Phi) is 10.6. The zero-order valence-electron chi connectivity index (χ0n) is 16.0. The van der Waals surface area contributed by atoms with Gasteiger partial charge in [-0.05, 0) is 30.7 Å². The zero-order valence-corrected chi connectivity index (χ0v) is 16.8. The summed E-state index contributed by atoms with van der Waals surface area (Å²) in [4.78, 5) is 0. The molecule has 1 unspecified atom stereocenters. The van der Waals surface area contributed by atoms with Crippen LogP contribution in [0.1, 0.15) is 70.0 Å². The molecule has 4 N–H and O–H groups in total. The maximum Gasteiger partial charge on any atom is 0.229 e. The normalized spacial score (nSPS) is 12.9. The van der Waals surface area contributed by atoms with E-state index in [0.717, 1.165) is 19.2 Å². The van der Waals surface area contributed by atoms with Gasteiger partial charge in [0.1, 0.15) is 5.75 Å². The molecule has 0 spiro atoms. The molecule has 0 aliphatic heterocycles. The van der Waals surface area contributed by atoms with Gasteiger partial charge >= 0.3 is 0 Å². The average molecular weight is 387 g/mol. The standard InChI is InChI=1S/C19H34N2O4S/c1-3-4-5-6-7-8-9-10-13-20-15-19(23)16-11-12-18(22)17(14-16)21-26(2,24)25/h11-12,14,19-23H,3-10,13,15H2,1-2H3. The highest BCUT2D eigenvalue weighted by Gasteiger charge is 2.12. The molecule has 26 heavy (non-hydrogen) atoms. The van der Waals surface area contributed by atoms with Gasteiger partial charge in [-0.15, -0.1) is 0 Å². The Hall–Kier alpha value is -1.31. The molecule has 0 heterocycles. The minimum absolute atomic E-state index is 0.0760. The Bertz CT molecular complexity index is 620. The highest BCUT2D eigenvalue weighted by atomic mass is 32.2. The van der Waals surface area contributed by atoms with Gasteiger partial charge in [-0.3, -0.25) is 4.72 Å². The third kappa shape index (κ3) is 9.99. The molecule has 0 saturated heterocycles. The molecule has 1 aromatic rings. The smallest absolute Gasteiger partial charge is 0.229 e. The summed E-state index contributed by atoms with van der Waals surface area (Å²) in [5.74, 6) is -0.168. The van der Waals surface area contributed by atoms with E-state index in [0.29, 0.717) is 12.1 Å². The van der Waals surface area contributed by atoms with Crippen molar-refractivity contribution in [3.63, 3.8) is 0 Å². The Labute approximate surface area is 158 Å². The monoisotopic (exact) mass is 386 g/mol. The van der Waals surface area contributed by atoms with Gasteiger partial charge in [0, 0.05) is 6.54 Å². The second-order valence-corrected chi connectivity index (χ2v) is 8.59. The number of aliphatic hydroxyl groups excluding tert-OH is 1. The topological polar surface area (TPSA) is 98.7 Å². The number of phenols is 1. The van der Waals surface area contributed by atoms with E-state index in [4.69, 9.17) is 0 Å². The van der Waals surface area contributed by atoms with E-state index >= 15 is 0 Å². The number of benzene rings is 1. The molecule has 1 rings (SSSR count). The third-order valence-corrected chi connectivity index (χ3v) is 4.84. The molecule has 7 heteroatoms. The Morgan fingerprint density at radius 1 is 1.04 bits per heavy atom. The summed E-state index contributed by atoms with van der Waals surface area (Å²) in [5.41, 5.74) is 0.629. The van der Waals surface area contributed by atoms with Gasteiger partial charge in [0.25, 0.3) is 0 Å². The number of phenolic OH excluding ortho intramolecular Hbond substituents is 1. The van der Waals surface area contributed by atoms with Crippen molar-refractivity contribution in [2.75, 3.05) is 24.1 Å². The average Bonchev–Trinajstić information content (AvgIpc) is 2.57. The van der Waals surface area contributed by atoms with Gasteiger partial charge in [0.15, 0.2) is 0 Å². The van der Waals surface area contributed by atoms with Crippen LogP contribution in [0.25, 0.3) is 0 Å². The molecule has 0 radical (unpaired) electrons. The summed E-state index contributed by atoms with van der Waals surface area (Å²) in [5, 5.41) is 23.2. The highest BCUT2D eigenvalue weighted by Crippen LogP contribution is 2.27. The molecule has 1 atom stereocenters. The second-order valence-electron chi connectivity index (χ2n) is 6.85. The first-order valence-corrected chi connectivity index (χ1v) is 11.4. The molecule has 0 fully saturated rings. The Morgan fingerprint density at radius 3 is 2.27 bits per heavy atom. The number of hydrogen-bond donors (Lipinski definition) is 4. The fraction of sp³-hybridized carbons (Fsp3) is 0.684. The summed E-state index contributed by atoms with van der Waals surface area (Å²) in [7, 11) is -3.49. The number of aromatic hydroxyl groups is 1. The van der Waals surface area contributed by atoms with Crippen molar-refractivity contribution in [3.05, 3.63) is 23.8 Å².